The van der Waals surface area contributed by atoms with Crippen LogP contribution in [0.25, 0.3) is 0 Å². The van der Waals surface area contributed by atoms with Crippen molar-refractivity contribution in [1.82, 2.24) is 5.32 Å². The highest BCUT2D eigenvalue weighted by Crippen LogP contribution is 2.30. The van der Waals surface area contributed by atoms with E-state index in [0.717, 1.165) is 38.2 Å². The minimum Gasteiger partial charge on any atom is -0.487 e. The maximum atomic E-state index is 13.9. The summed E-state index contributed by atoms with van der Waals surface area (Å²) < 4.78 is 37.8. The molecule has 0 aromatic heterocycles. The number of carbonyl (C=O) groups excluding carboxylic acids is 2. The van der Waals surface area contributed by atoms with Crippen molar-refractivity contribution < 1.29 is 37.8 Å². The number of allylic oxidation sites excluding steroid dienone is 3. The van der Waals surface area contributed by atoms with Crippen LogP contribution >= 0.6 is 0 Å². The lowest BCUT2D eigenvalue weighted by Gasteiger charge is -2.19. The number of hydrogen-bond acceptors (Lipinski definition) is 7. The molecule has 9 nitrogen and oxygen atoms in total. The van der Waals surface area contributed by atoms with Gasteiger partial charge in [0.05, 0.1) is 13.2 Å². The van der Waals surface area contributed by atoms with Gasteiger partial charge in [-0.15, -0.1) is 10.1 Å². The lowest BCUT2D eigenvalue weighted by atomic mass is 9.89. The molecule has 0 spiro atoms. The Bertz CT molecular complexity index is 974. The summed E-state index contributed by atoms with van der Waals surface area (Å²) in [6.07, 6.45) is 14.5. The summed E-state index contributed by atoms with van der Waals surface area (Å²) in [5.41, 5.74) is 0. The first-order valence-electron chi connectivity index (χ1n) is 15.6. The first-order chi connectivity index (χ1) is 21.0. The molecule has 0 saturated heterocycles. The van der Waals surface area contributed by atoms with Gasteiger partial charge in [-0.3, -0.25) is 4.79 Å². The van der Waals surface area contributed by atoms with Crippen molar-refractivity contribution in [1.29, 1.82) is 0 Å². The van der Waals surface area contributed by atoms with E-state index < -0.39 is 29.6 Å². The Kier molecular flexibility index (Phi) is 22.9. The summed E-state index contributed by atoms with van der Waals surface area (Å²) in [5, 5.41) is 11.5. The fourth-order valence-electron chi connectivity index (χ4n) is 4.23. The van der Waals surface area contributed by atoms with Crippen molar-refractivity contribution in [2.24, 2.45) is 11.8 Å². The number of unbranched alkanes of at least 4 members (excludes halogenated alkanes) is 1. The van der Waals surface area contributed by atoms with Crippen molar-refractivity contribution >= 4 is 11.9 Å². The number of nitrogens with one attached hydrogen (secondary N) is 1. The van der Waals surface area contributed by atoms with Gasteiger partial charge in [0.2, 0.25) is 5.91 Å². The summed E-state index contributed by atoms with van der Waals surface area (Å²) in [4.78, 5) is 37.0. The number of carbonyl (C=O) groups is 2. The highest BCUT2D eigenvalue weighted by molar-refractivity contribution is 5.84. The molecule has 0 bridgehead atoms. The van der Waals surface area contributed by atoms with E-state index in [1.165, 1.54) is 19.8 Å². The maximum absolute atomic E-state index is 13.9. The number of esters is 1. The Hall–Kier alpha value is -3.50. The third-order valence-electron chi connectivity index (χ3n) is 6.66. The van der Waals surface area contributed by atoms with Crippen LogP contribution < -0.4 is 10.1 Å². The fraction of sp³-hybridized carbons (Fsp3) is 0.636. The van der Waals surface area contributed by atoms with E-state index in [-0.39, 0.29) is 31.5 Å². The van der Waals surface area contributed by atoms with Gasteiger partial charge in [-0.25, -0.2) is 4.79 Å². The SMILES string of the molecule is C/C=C\CCCC(=O)NC(C)C(=O)OCCCO[N+](=O)[O-].CC.CC1CCCCCC1/C=C/C(F)(F)COc1ccccc1. The number of ether oxygens (including phenoxy) is 2. The van der Waals surface area contributed by atoms with E-state index in [0.29, 0.717) is 18.1 Å². The molecule has 0 radical (unpaired) electrons. The summed E-state index contributed by atoms with van der Waals surface area (Å²) >= 11 is 0. The molecule has 1 aliphatic rings. The number of nitrogens with zero attached hydrogens (tertiary/aromatic N) is 1. The Balaban J connectivity index is 0.000000795. The van der Waals surface area contributed by atoms with Crippen LogP contribution in [0, 0.1) is 22.0 Å². The zero-order chi connectivity index (χ0) is 33.2. The molecule has 1 fully saturated rings. The first-order valence-corrected chi connectivity index (χ1v) is 15.6. The third kappa shape index (κ3) is 21.2. The Morgan fingerprint density at radius 2 is 1.80 bits per heavy atom. The third-order valence-corrected chi connectivity index (χ3v) is 6.66. The number of amides is 1. The smallest absolute Gasteiger partial charge is 0.328 e. The average Bonchev–Trinajstić information content (AvgIpc) is 3.22. The second-order valence-corrected chi connectivity index (χ2v) is 10.3. The lowest BCUT2D eigenvalue weighted by Crippen LogP contribution is -2.39. The highest BCUT2D eigenvalue weighted by Gasteiger charge is 2.28. The predicted octanol–water partition coefficient (Wildman–Crippen LogP) is 7.88. The van der Waals surface area contributed by atoms with Gasteiger partial charge in [0, 0.05) is 12.8 Å². The Morgan fingerprint density at radius 3 is 2.45 bits per heavy atom. The van der Waals surface area contributed by atoms with Gasteiger partial charge in [0.1, 0.15) is 11.8 Å². The lowest BCUT2D eigenvalue weighted by molar-refractivity contribution is -0.757. The number of hydrogen-bond donors (Lipinski definition) is 1. The maximum Gasteiger partial charge on any atom is 0.328 e. The molecule has 44 heavy (non-hydrogen) atoms. The summed E-state index contributed by atoms with van der Waals surface area (Å²) in [6.45, 7) is 8.88. The largest absolute Gasteiger partial charge is 0.487 e. The standard InChI is InChI=1S/C18H24F2O.C13H22N2O6.C2H6/c1-15-8-4-2-5-9-16(15)12-13-18(19,20)14-21-17-10-6-3-7-11-17;1-3-4-5-6-8-12(16)14-11(2)13(17)20-9-7-10-21-15(18)19;1-2/h3,6-7,10-13,15-16H,2,4-5,8-9,14H2,1H3;3-4,11H,5-10H2,1-2H3,(H,14,16);1-2H3/b13-12+;4-3-;. The minimum absolute atomic E-state index is 0.00811. The van der Waals surface area contributed by atoms with Crippen LogP contribution in [0.3, 0.4) is 0 Å². The molecule has 1 amide bonds. The quantitative estimate of drug-likeness (QED) is 0.0495. The molecule has 11 heteroatoms. The first kappa shape index (κ1) is 40.5. The zero-order valence-corrected chi connectivity index (χ0v) is 27.0. The molecule has 1 aromatic rings. The van der Waals surface area contributed by atoms with Gasteiger partial charge in [0.25, 0.3) is 11.0 Å². The van der Waals surface area contributed by atoms with Crippen molar-refractivity contribution in [2.75, 3.05) is 19.8 Å². The second kappa shape index (κ2) is 24.9. The predicted molar refractivity (Wildman–Crippen MR) is 168 cm³/mol. The molecule has 3 atom stereocenters. The van der Waals surface area contributed by atoms with Gasteiger partial charge in [-0.2, -0.15) is 8.78 Å². The average molecular weight is 627 g/mol. The molecule has 250 valence electrons. The van der Waals surface area contributed by atoms with Crippen LogP contribution in [-0.2, 0) is 19.2 Å². The number of benzene rings is 1. The molecule has 0 heterocycles. The van der Waals surface area contributed by atoms with Crippen molar-refractivity contribution in [3.8, 4) is 5.75 Å². The molecular formula is C33H52F2N2O7. The molecule has 1 saturated carbocycles. The van der Waals surface area contributed by atoms with Gasteiger partial charge >= 0.3 is 5.97 Å². The van der Waals surface area contributed by atoms with Crippen LogP contribution in [0.1, 0.15) is 92.4 Å². The molecular weight excluding hydrogens is 574 g/mol. The van der Waals surface area contributed by atoms with Crippen LogP contribution in [-0.4, -0.2) is 48.7 Å². The highest BCUT2D eigenvalue weighted by atomic mass is 19.3. The molecule has 1 aromatic carbocycles. The van der Waals surface area contributed by atoms with Crippen molar-refractivity contribution in [3.05, 3.63) is 64.8 Å². The van der Waals surface area contributed by atoms with Crippen LogP contribution in [0.4, 0.5) is 8.78 Å². The number of para-hydroxylation sites is 1. The van der Waals surface area contributed by atoms with Gasteiger partial charge in [0.15, 0.2) is 6.61 Å². The molecule has 1 N–H and O–H groups in total. The summed E-state index contributed by atoms with van der Waals surface area (Å²) in [6, 6.07) is 8.02. The van der Waals surface area contributed by atoms with E-state index in [4.69, 9.17) is 9.47 Å². The normalized spacial score (nSPS) is 17.2. The second-order valence-electron chi connectivity index (χ2n) is 10.3. The summed E-state index contributed by atoms with van der Waals surface area (Å²) in [5.74, 6) is -2.45. The Labute approximate surface area is 261 Å². The molecule has 2 rings (SSSR count). The number of rotatable bonds is 16. The van der Waals surface area contributed by atoms with Crippen molar-refractivity contribution in [3.63, 3.8) is 0 Å². The van der Waals surface area contributed by atoms with E-state index in [1.807, 2.05) is 39.0 Å². The molecule has 3 unspecified atom stereocenters. The Morgan fingerprint density at radius 1 is 1.11 bits per heavy atom. The van der Waals surface area contributed by atoms with E-state index in [1.54, 1.807) is 30.3 Å². The summed E-state index contributed by atoms with van der Waals surface area (Å²) in [7, 11) is 0. The van der Waals surface area contributed by atoms with Crippen LogP contribution in [0.5, 0.6) is 5.75 Å². The van der Waals surface area contributed by atoms with Gasteiger partial charge < -0.3 is 19.6 Å². The minimum atomic E-state index is -2.91. The molecule has 0 aliphatic heterocycles. The fourth-order valence-corrected chi connectivity index (χ4v) is 4.23. The molecule has 1 aliphatic carbocycles. The van der Waals surface area contributed by atoms with E-state index in [9.17, 15) is 28.5 Å². The monoisotopic (exact) mass is 626 g/mol. The van der Waals surface area contributed by atoms with Crippen LogP contribution in [0.15, 0.2) is 54.6 Å². The van der Waals surface area contributed by atoms with Crippen molar-refractivity contribution in [2.45, 2.75) is 104 Å². The van der Waals surface area contributed by atoms with E-state index in [2.05, 4.69) is 17.1 Å². The van der Waals surface area contributed by atoms with Gasteiger partial charge in [-0.1, -0.05) is 82.9 Å². The topological polar surface area (TPSA) is 117 Å². The zero-order valence-electron chi connectivity index (χ0n) is 27.0. The van der Waals surface area contributed by atoms with Gasteiger partial charge in [-0.05, 0) is 63.2 Å². The van der Waals surface area contributed by atoms with E-state index >= 15 is 0 Å². The number of halogens is 2. The van der Waals surface area contributed by atoms with Crippen LogP contribution in [0.2, 0.25) is 0 Å². The number of alkyl halides is 2.